The second kappa shape index (κ2) is 7.90. The molecule has 0 atom stereocenters. The Kier molecular flexibility index (Phi) is 5.40. The number of amides is 1. The van der Waals surface area contributed by atoms with Gasteiger partial charge in [0.15, 0.2) is 0 Å². The molecule has 0 aromatic heterocycles. The lowest BCUT2D eigenvalue weighted by molar-refractivity contribution is 0.0954. The van der Waals surface area contributed by atoms with Crippen molar-refractivity contribution in [1.29, 1.82) is 0 Å². The summed E-state index contributed by atoms with van der Waals surface area (Å²) in [4.78, 5) is 14.2. The first-order valence-electron chi connectivity index (χ1n) is 8.16. The maximum Gasteiger partial charge on any atom is 0.271 e. The highest BCUT2D eigenvalue weighted by Gasteiger charge is 2.11. The third-order valence-corrected chi connectivity index (χ3v) is 4.09. The quantitative estimate of drug-likeness (QED) is 0.687. The molecular weight excluding hydrogens is 321 g/mol. The molecule has 0 saturated carbocycles. The number of halogens is 1. The molecule has 0 bridgehead atoms. The topological polar surface area (TPSA) is 53.9 Å². The molecule has 1 amide bonds. The van der Waals surface area contributed by atoms with E-state index in [1.54, 1.807) is 6.21 Å². The number of rotatable bonds is 4. The number of aryl methyl sites for hydroxylation is 1. The van der Waals surface area contributed by atoms with Crippen molar-refractivity contribution in [3.05, 3.63) is 65.0 Å². The number of ether oxygens (including phenoxy) is 1. The van der Waals surface area contributed by atoms with Crippen molar-refractivity contribution in [3.63, 3.8) is 0 Å². The van der Waals surface area contributed by atoms with E-state index in [0.29, 0.717) is 0 Å². The first kappa shape index (κ1) is 17.1. The van der Waals surface area contributed by atoms with Crippen LogP contribution in [0.25, 0.3) is 0 Å². The van der Waals surface area contributed by atoms with Crippen LogP contribution in [0.2, 0.25) is 0 Å². The molecule has 3 rings (SSSR count). The smallest absolute Gasteiger partial charge is 0.271 e. The van der Waals surface area contributed by atoms with Crippen molar-refractivity contribution in [2.24, 2.45) is 5.10 Å². The van der Waals surface area contributed by atoms with Crippen LogP contribution in [0.3, 0.4) is 0 Å². The lowest BCUT2D eigenvalue weighted by Crippen LogP contribution is -2.36. The Labute approximate surface area is 146 Å². The Morgan fingerprint density at radius 1 is 1.24 bits per heavy atom. The standard InChI is InChI=1S/C19H20FN3O2/c1-14-11-18(23-7-9-25-10-8-23)6-5-16(14)13-21-22-19(24)15-3-2-4-17(20)12-15/h2-6,11-13H,7-10H2,1H3,(H,22,24)/b21-13-. The summed E-state index contributed by atoms with van der Waals surface area (Å²) in [5.74, 6) is -0.899. The number of morpholine rings is 1. The van der Waals surface area contributed by atoms with Gasteiger partial charge in [0.05, 0.1) is 19.4 Å². The van der Waals surface area contributed by atoms with Gasteiger partial charge in [0.25, 0.3) is 5.91 Å². The first-order valence-corrected chi connectivity index (χ1v) is 8.16. The van der Waals surface area contributed by atoms with Crippen LogP contribution in [-0.2, 0) is 4.74 Å². The summed E-state index contributed by atoms with van der Waals surface area (Å²) >= 11 is 0. The van der Waals surface area contributed by atoms with Crippen LogP contribution in [0.4, 0.5) is 10.1 Å². The monoisotopic (exact) mass is 341 g/mol. The number of benzene rings is 2. The molecule has 0 spiro atoms. The summed E-state index contributed by atoms with van der Waals surface area (Å²) in [5.41, 5.74) is 5.78. The first-order chi connectivity index (χ1) is 12.1. The van der Waals surface area contributed by atoms with Crippen LogP contribution >= 0.6 is 0 Å². The fourth-order valence-corrected chi connectivity index (χ4v) is 2.68. The summed E-state index contributed by atoms with van der Waals surface area (Å²) < 4.78 is 18.5. The number of nitrogens with one attached hydrogen (secondary N) is 1. The number of hydrogen-bond donors (Lipinski definition) is 1. The number of carbonyl (C=O) groups excluding carboxylic acids is 1. The molecule has 5 nitrogen and oxygen atoms in total. The third-order valence-electron chi connectivity index (χ3n) is 4.09. The largest absolute Gasteiger partial charge is 0.378 e. The van der Waals surface area contributed by atoms with Gasteiger partial charge in [-0.2, -0.15) is 5.10 Å². The van der Waals surface area contributed by atoms with Crippen LogP contribution in [0.1, 0.15) is 21.5 Å². The van der Waals surface area contributed by atoms with E-state index in [-0.39, 0.29) is 5.56 Å². The Bertz CT molecular complexity index is 786. The third kappa shape index (κ3) is 4.42. The van der Waals surface area contributed by atoms with Gasteiger partial charge < -0.3 is 9.64 Å². The molecule has 1 heterocycles. The summed E-state index contributed by atoms with van der Waals surface area (Å²) in [6, 6.07) is 11.6. The average molecular weight is 341 g/mol. The predicted molar refractivity (Wildman–Crippen MR) is 95.7 cm³/mol. The minimum Gasteiger partial charge on any atom is -0.378 e. The van der Waals surface area contributed by atoms with Crippen molar-refractivity contribution in [2.75, 3.05) is 31.2 Å². The Morgan fingerprint density at radius 2 is 2.04 bits per heavy atom. The van der Waals surface area contributed by atoms with Crippen LogP contribution in [-0.4, -0.2) is 38.4 Å². The maximum absolute atomic E-state index is 13.1. The van der Waals surface area contributed by atoms with Crippen LogP contribution in [0.15, 0.2) is 47.6 Å². The summed E-state index contributed by atoms with van der Waals surface area (Å²) in [6.07, 6.45) is 1.59. The normalized spacial score (nSPS) is 14.7. The van der Waals surface area contributed by atoms with E-state index < -0.39 is 11.7 Å². The molecule has 0 radical (unpaired) electrons. The van der Waals surface area contributed by atoms with E-state index in [0.717, 1.165) is 43.1 Å². The molecule has 25 heavy (non-hydrogen) atoms. The zero-order chi connectivity index (χ0) is 17.6. The maximum atomic E-state index is 13.1. The molecular formula is C19H20FN3O2. The van der Waals surface area contributed by atoms with Crippen LogP contribution < -0.4 is 10.3 Å². The minimum absolute atomic E-state index is 0.233. The van der Waals surface area contributed by atoms with Gasteiger partial charge in [0, 0.05) is 24.3 Å². The molecule has 130 valence electrons. The van der Waals surface area contributed by atoms with Crippen LogP contribution in [0.5, 0.6) is 0 Å². The van der Waals surface area contributed by atoms with E-state index in [9.17, 15) is 9.18 Å². The number of hydrogen-bond acceptors (Lipinski definition) is 4. The van der Waals surface area contributed by atoms with E-state index in [2.05, 4.69) is 21.5 Å². The average Bonchev–Trinajstić information content (AvgIpc) is 2.63. The minimum atomic E-state index is -0.453. The number of anilines is 1. The number of hydrazone groups is 1. The molecule has 0 aliphatic carbocycles. The molecule has 0 unspecified atom stereocenters. The van der Waals surface area contributed by atoms with Gasteiger partial charge >= 0.3 is 0 Å². The van der Waals surface area contributed by atoms with Gasteiger partial charge in [0.1, 0.15) is 5.82 Å². The van der Waals surface area contributed by atoms with Gasteiger partial charge in [-0.25, -0.2) is 9.82 Å². The van der Waals surface area contributed by atoms with Crippen molar-refractivity contribution in [3.8, 4) is 0 Å². The zero-order valence-corrected chi connectivity index (χ0v) is 14.0. The fraction of sp³-hybridized carbons (Fsp3) is 0.263. The van der Waals surface area contributed by atoms with E-state index in [4.69, 9.17) is 4.74 Å². The highest BCUT2D eigenvalue weighted by molar-refractivity contribution is 5.95. The second-order valence-corrected chi connectivity index (χ2v) is 5.85. The van der Waals surface area contributed by atoms with Crippen molar-refractivity contribution in [1.82, 2.24) is 5.43 Å². The molecule has 2 aromatic carbocycles. The van der Waals surface area contributed by atoms with Gasteiger partial charge in [0.2, 0.25) is 0 Å². The van der Waals surface area contributed by atoms with Crippen molar-refractivity contribution in [2.45, 2.75) is 6.92 Å². The van der Waals surface area contributed by atoms with E-state index in [1.807, 2.05) is 19.1 Å². The molecule has 1 fully saturated rings. The van der Waals surface area contributed by atoms with Gasteiger partial charge in [-0.3, -0.25) is 4.79 Å². The lowest BCUT2D eigenvalue weighted by Gasteiger charge is -2.29. The van der Waals surface area contributed by atoms with Crippen LogP contribution in [0, 0.1) is 12.7 Å². The summed E-state index contributed by atoms with van der Waals surface area (Å²) in [5, 5.41) is 3.97. The molecule has 6 heteroatoms. The molecule has 1 saturated heterocycles. The second-order valence-electron chi connectivity index (χ2n) is 5.85. The number of carbonyl (C=O) groups is 1. The molecule has 1 aliphatic rings. The van der Waals surface area contributed by atoms with Crippen molar-refractivity contribution >= 4 is 17.8 Å². The Hall–Kier alpha value is -2.73. The van der Waals surface area contributed by atoms with E-state index in [1.165, 1.54) is 24.3 Å². The summed E-state index contributed by atoms with van der Waals surface area (Å²) in [6.45, 7) is 5.26. The Balaban J connectivity index is 1.64. The van der Waals surface area contributed by atoms with E-state index >= 15 is 0 Å². The SMILES string of the molecule is Cc1cc(N2CCOCC2)ccc1/C=N\NC(=O)c1cccc(F)c1. The summed E-state index contributed by atoms with van der Waals surface area (Å²) in [7, 11) is 0. The molecule has 1 N–H and O–H groups in total. The van der Waals surface area contributed by atoms with Gasteiger partial charge in [-0.1, -0.05) is 12.1 Å². The highest BCUT2D eigenvalue weighted by atomic mass is 19.1. The van der Waals surface area contributed by atoms with Gasteiger partial charge in [-0.05, 0) is 48.4 Å². The predicted octanol–water partition coefficient (Wildman–Crippen LogP) is 2.73. The molecule has 1 aliphatic heterocycles. The van der Waals surface area contributed by atoms with Crippen molar-refractivity contribution < 1.29 is 13.9 Å². The molecule has 2 aromatic rings. The number of nitrogens with zero attached hydrogens (tertiary/aromatic N) is 2. The van der Waals surface area contributed by atoms with Gasteiger partial charge in [-0.15, -0.1) is 0 Å². The highest BCUT2D eigenvalue weighted by Crippen LogP contribution is 2.19. The zero-order valence-electron chi connectivity index (χ0n) is 14.0. The fourth-order valence-electron chi connectivity index (χ4n) is 2.68. The Morgan fingerprint density at radius 3 is 2.76 bits per heavy atom. The lowest BCUT2D eigenvalue weighted by atomic mass is 10.1.